The Morgan fingerprint density at radius 2 is 1.83 bits per heavy atom. The molecule has 0 bridgehead atoms. The molecule has 0 unspecified atom stereocenters. The highest BCUT2D eigenvalue weighted by molar-refractivity contribution is 6.36. The molecule has 2 aromatic heterocycles. The van der Waals surface area contributed by atoms with E-state index in [0.717, 1.165) is 25.7 Å². The van der Waals surface area contributed by atoms with Crippen LogP contribution in [0.2, 0.25) is 10.0 Å². The van der Waals surface area contributed by atoms with E-state index in [4.69, 9.17) is 23.2 Å². The lowest BCUT2D eigenvalue weighted by molar-refractivity contribution is -0.128. The molecule has 0 atom stereocenters. The van der Waals surface area contributed by atoms with Crippen molar-refractivity contribution in [3.8, 4) is 0 Å². The van der Waals surface area contributed by atoms with E-state index in [-0.39, 0.29) is 47.9 Å². The molecule has 1 aromatic carbocycles. The summed E-state index contributed by atoms with van der Waals surface area (Å²) in [6, 6.07) is 5.12. The summed E-state index contributed by atoms with van der Waals surface area (Å²) < 4.78 is 26.6. The summed E-state index contributed by atoms with van der Waals surface area (Å²) in [6.07, 6.45) is 1.42. The number of nitrogens with one attached hydrogen (secondary N) is 3. The van der Waals surface area contributed by atoms with Crippen LogP contribution in [0.5, 0.6) is 0 Å². The number of H-pyrrole nitrogens is 1. The molecule has 42 heavy (non-hydrogen) atoms. The number of carbonyl (C=O) groups is 2. The van der Waals surface area contributed by atoms with Crippen molar-refractivity contribution >= 4 is 52.0 Å². The Labute approximate surface area is 255 Å². The monoisotopic (exact) mass is 622 g/mol. The number of carbonyl (C=O) groups excluding carboxylic acids is 2. The zero-order chi connectivity index (χ0) is 30.8. The fraction of sp³-hybridized carbons (Fsp3) is 0.533. The molecule has 12 heteroatoms. The molecule has 2 heterocycles. The molecule has 2 amide bonds. The van der Waals surface area contributed by atoms with Gasteiger partial charge in [-0.2, -0.15) is 0 Å². The van der Waals surface area contributed by atoms with E-state index in [1.807, 2.05) is 20.8 Å². The molecule has 1 fully saturated rings. The summed E-state index contributed by atoms with van der Waals surface area (Å²) in [5.41, 5.74) is 1.74. The third-order valence-electron chi connectivity index (χ3n) is 7.60. The molecule has 0 aliphatic heterocycles. The van der Waals surface area contributed by atoms with Crippen LogP contribution in [-0.2, 0) is 17.8 Å². The Morgan fingerprint density at radius 3 is 2.48 bits per heavy atom. The second-order valence-corrected chi connectivity index (χ2v) is 13.0. The quantitative estimate of drug-likeness (QED) is 0.252. The topological polar surface area (TPSA) is 103 Å². The fourth-order valence-electron chi connectivity index (χ4n) is 5.04. The van der Waals surface area contributed by atoms with Gasteiger partial charge in [0.1, 0.15) is 11.6 Å². The van der Waals surface area contributed by atoms with Crippen LogP contribution in [-0.4, -0.2) is 52.8 Å². The van der Waals surface area contributed by atoms with Gasteiger partial charge in [0.05, 0.1) is 22.6 Å². The van der Waals surface area contributed by atoms with Crippen LogP contribution in [0.4, 0.5) is 14.6 Å². The summed E-state index contributed by atoms with van der Waals surface area (Å²) in [7, 11) is 1.48. The number of imidazole rings is 1. The number of hydrogen-bond acceptors (Lipinski definition) is 5. The Morgan fingerprint density at radius 1 is 1.14 bits per heavy atom. The number of nitrogens with zero attached hydrogens (tertiary/aromatic N) is 3. The maximum atomic E-state index is 13.4. The zero-order valence-electron chi connectivity index (χ0n) is 24.6. The first-order chi connectivity index (χ1) is 19.7. The van der Waals surface area contributed by atoms with E-state index in [1.165, 1.54) is 11.9 Å². The van der Waals surface area contributed by atoms with Crippen molar-refractivity contribution in [3.63, 3.8) is 0 Å². The summed E-state index contributed by atoms with van der Waals surface area (Å²) in [5, 5.41) is 6.80. The number of rotatable bonds is 9. The minimum Gasteiger partial charge on any atom is -0.353 e. The van der Waals surface area contributed by atoms with Crippen molar-refractivity contribution in [2.45, 2.75) is 78.8 Å². The van der Waals surface area contributed by atoms with E-state index in [2.05, 4.69) is 32.5 Å². The zero-order valence-corrected chi connectivity index (χ0v) is 26.1. The van der Waals surface area contributed by atoms with E-state index < -0.39 is 18.4 Å². The Bertz CT molecular complexity index is 1450. The molecule has 8 nitrogen and oxygen atoms in total. The summed E-state index contributed by atoms with van der Waals surface area (Å²) in [4.78, 5) is 39.3. The van der Waals surface area contributed by atoms with E-state index in [1.54, 1.807) is 18.2 Å². The predicted octanol–water partition coefficient (Wildman–Crippen LogP) is 6.53. The second kappa shape index (κ2) is 13.1. The molecule has 1 saturated carbocycles. The Hall–Kier alpha value is -2.98. The lowest BCUT2D eigenvalue weighted by Crippen LogP contribution is -2.38. The number of benzene rings is 1. The fourth-order valence-corrected chi connectivity index (χ4v) is 5.61. The van der Waals surface area contributed by atoms with Gasteiger partial charge >= 0.3 is 0 Å². The first-order valence-corrected chi connectivity index (χ1v) is 14.9. The number of aromatic amines is 1. The number of fused-ring (bicyclic) bond motifs is 1. The molecule has 3 N–H and O–H groups in total. The van der Waals surface area contributed by atoms with Crippen LogP contribution in [0.1, 0.15) is 80.7 Å². The molecule has 0 spiro atoms. The van der Waals surface area contributed by atoms with Crippen LogP contribution in [0.3, 0.4) is 0 Å². The molecule has 3 aromatic rings. The molecule has 1 aliphatic rings. The highest BCUT2D eigenvalue weighted by Crippen LogP contribution is 2.31. The minimum atomic E-state index is -2.61. The highest BCUT2D eigenvalue weighted by atomic mass is 35.5. The largest absolute Gasteiger partial charge is 0.353 e. The third kappa shape index (κ3) is 7.69. The number of aromatic nitrogens is 3. The van der Waals surface area contributed by atoms with Gasteiger partial charge in [-0.1, -0.05) is 57.0 Å². The van der Waals surface area contributed by atoms with Crippen molar-refractivity contribution in [2.75, 3.05) is 18.5 Å². The van der Waals surface area contributed by atoms with E-state index >= 15 is 0 Å². The smallest absolute Gasteiger partial charge is 0.255 e. The van der Waals surface area contributed by atoms with Crippen LogP contribution in [0, 0.1) is 11.3 Å². The summed E-state index contributed by atoms with van der Waals surface area (Å²) >= 11 is 13.2. The van der Waals surface area contributed by atoms with Crippen molar-refractivity contribution in [1.29, 1.82) is 0 Å². The number of amides is 2. The maximum absolute atomic E-state index is 13.4. The molecule has 4 rings (SSSR count). The molecular formula is C30H38Cl2F2N6O2. The lowest BCUT2D eigenvalue weighted by atomic mass is 9.87. The normalized spacial score (nSPS) is 17.5. The molecule has 0 saturated heterocycles. The standard InChI is InChI=1S/C30H38Cl2F2N6O2/c1-16-6-9-18(10-7-16)36-28(41)20-12-22-26(39-27(20)40(5)15-23(33)34)38-24(37-22)13-19-21(31)11-8-17(25(19)32)14-35-29(42)30(2,3)4/h8,11-12,16,18,23H,6-7,9-10,13-15H2,1-5H3,(H,35,42)(H,36,41)(H,37,38,39). The van der Waals surface area contributed by atoms with Crippen molar-refractivity contribution < 1.29 is 18.4 Å². The van der Waals surface area contributed by atoms with Crippen LogP contribution >= 0.6 is 23.2 Å². The number of alkyl halides is 2. The average molecular weight is 624 g/mol. The number of halogens is 4. The first kappa shape index (κ1) is 31.9. The second-order valence-electron chi connectivity index (χ2n) is 12.2. The van der Waals surface area contributed by atoms with Crippen molar-refractivity contribution in [3.05, 3.63) is 50.8 Å². The van der Waals surface area contributed by atoms with Crippen LogP contribution < -0.4 is 15.5 Å². The van der Waals surface area contributed by atoms with Crippen molar-refractivity contribution in [2.24, 2.45) is 11.3 Å². The summed E-state index contributed by atoms with van der Waals surface area (Å²) in [5.74, 6) is 0.780. The van der Waals surface area contributed by atoms with Gasteiger partial charge in [0.15, 0.2) is 5.65 Å². The SMILES string of the molecule is CC1CCC(NC(=O)c2cc3[nH]c(Cc4c(Cl)ccc(CNC(=O)C(C)(C)C)c4Cl)nc3nc2N(C)CC(F)F)CC1. The van der Waals surface area contributed by atoms with Gasteiger partial charge in [-0.3, -0.25) is 9.59 Å². The van der Waals surface area contributed by atoms with Gasteiger partial charge in [0, 0.05) is 36.5 Å². The molecule has 1 aliphatic carbocycles. The Kier molecular flexibility index (Phi) is 9.98. The summed E-state index contributed by atoms with van der Waals surface area (Å²) in [6.45, 7) is 7.34. The van der Waals surface area contributed by atoms with Gasteiger partial charge in [-0.15, -0.1) is 0 Å². The molecule has 0 radical (unpaired) electrons. The van der Waals surface area contributed by atoms with E-state index in [0.29, 0.717) is 38.4 Å². The molecular weight excluding hydrogens is 585 g/mol. The average Bonchev–Trinajstić information content (AvgIpc) is 3.31. The Balaban J connectivity index is 1.63. The highest BCUT2D eigenvalue weighted by Gasteiger charge is 2.26. The number of hydrogen-bond donors (Lipinski definition) is 3. The number of pyridine rings is 1. The number of anilines is 1. The van der Waals surface area contributed by atoms with Gasteiger partial charge in [-0.25, -0.2) is 18.7 Å². The van der Waals surface area contributed by atoms with Crippen LogP contribution in [0.25, 0.3) is 11.2 Å². The first-order valence-electron chi connectivity index (χ1n) is 14.2. The van der Waals surface area contributed by atoms with Gasteiger partial charge in [0.25, 0.3) is 12.3 Å². The van der Waals surface area contributed by atoms with E-state index in [9.17, 15) is 18.4 Å². The lowest BCUT2D eigenvalue weighted by Gasteiger charge is -2.27. The maximum Gasteiger partial charge on any atom is 0.255 e. The van der Waals surface area contributed by atoms with Gasteiger partial charge in [-0.05, 0) is 54.9 Å². The van der Waals surface area contributed by atoms with Gasteiger partial charge < -0.3 is 20.5 Å². The van der Waals surface area contributed by atoms with Crippen LogP contribution in [0.15, 0.2) is 18.2 Å². The minimum absolute atomic E-state index is 0.0275. The predicted molar refractivity (Wildman–Crippen MR) is 163 cm³/mol. The van der Waals surface area contributed by atoms with Gasteiger partial charge in [0.2, 0.25) is 5.91 Å². The third-order valence-corrected chi connectivity index (χ3v) is 8.43. The molecule has 228 valence electrons. The van der Waals surface area contributed by atoms with Crippen molar-refractivity contribution in [1.82, 2.24) is 25.6 Å².